The molecule has 4 heteroatoms. The van der Waals surface area contributed by atoms with Crippen LogP contribution in [0.25, 0.3) is 0 Å². The van der Waals surface area contributed by atoms with E-state index in [1.165, 1.54) is 0 Å². The van der Waals surface area contributed by atoms with Crippen LogP contribution >= 0.6 is 0 Å². The van der Waals surface area contributed by atoms with E-state index >= 15 is 0 Å². The molecule has 0 radical (unpaired) electrons. The molecule has 2 N–H and O–H groups in total. The first-order valence-corrected chi connectivity index (χ1v) is 5.65. The monoisotopic (exact) mass is 216 g/mol. The van der Waals surface area contributed by atoms with Crippen molar-refractivity contribution in [3.8, 4) is 0 Å². The van der Waals surface area contributed by atoms with Gasteiger partial charge in [0.25, 0.3) is 0 Å². The van der Waals surface area contributed by atoms with E-state index < -0.39 is 0 Å². The third kappa shape index (κ3) is 8.39. The molecule has 0 aromatic heterocycles. The lowest BCUT2D eigenvalue weighted by atomic mass is 10.1. The third-order valence-electron chi connectivity index (χ3n) is 2.25. The highest BCUT2D eigenvalue weighted by Crippen LogP contribution is 2.01. The number of hydrogen-bond acceptors (Lipinski definition) is 3. The smallest absolute Gasteiger partial charge is 0.222 e. The number of amides is 1. The number of ether oxygens (including phenoxy) is 1. The highest BCUT2D eigenvalue weighted by atomic mass is 16.5. The van der Waals surface area contributed by atoms with Crippen LogP contribution in [0.5, 0.6) is 0 Å². The molecule has 0 aliphatic rings. The van der Waals surface area contributed by atoms with Gasteiger partial charge >= 0.3 is 0 Å². The Labute approximate surface area is 92.8 Å². The molecule has 0 fully saturated rings. The summed E-state index contributed by atoms with van der Waals surface area (Å²) in [4.78, 5) is 13.3. The van der Waals surface area contributed by atoms with E-state index in [1.807, 2.05) is 20.9 Å². The van der Waals surface area contributed by atoms with E-state index in [0.29, 0.717) is 26.2 Å². The molecule has 0 saturated carbocycles. The Morgan fingerprint density at radius 3 is 2.73 bits per heavy atom. The minimum atomic E-state index is 0.176. The van der Waals surface area contributed by atoms with Crippen molar-refractivity contribution in [2.75, 3.05) is 26.8 Å². The Bertz CT molecular complexity index is 172. The number of hydrogen-bond donors (Lipinski definition) is 1. The van der Waals surface area contributed by atoms with Gasteiger partial charge in [0.05, 0.1) is 6.61 Å². The SMILES string of the molecule is CCOCCN(C)C(=O)CCCC(C)N. The van der Waals surface area contributed by atoms with E-state index in [0.717, 1.165) is 12.8 Å². The maximum Gasteiger partial charge on any atom is 0.222 e. The summed E-state index contributed by atoms with van der Waals surface area (Å²) in [5, 5.41) is 0. The lowest BCUT2D eigenvalue weighted by Crippen LogP contribution is -2.30. The molecular weight excluding hydrogens is 192 g/mol. The molecule has 1 unspecified atom stereocenters. The van der Waals surface area contributed by atoms with Gasteiger partial charge in [-0.3, -0.25) is 4.79 Å². The van der Waals surface area contributed by atoms with Gasteiger partial charge < -0.3 is 15.4 Å². The second-order valence-electron chi connectivity index (χ2n) is 3.88. The molecule has 4 nitrogen and oxygen atoms in total. The van der Waals surface area contributed by atoms with Gasteiger partial charge in [-0.2, -0.15) is 0 Å². The summed E-state index contributed by atoms with van der Waals surface area (Å²) < 4.78 is 5.18. The number of carbonyl (C=O) groups excluding carboxylic acids is 1. The summed E-state index contributed by atoms with van der Waals surface area (Å²) in [5.74, 6) is 0.176. The average Bonchev–Trinajstić information content (AvgIpc) is 2.17. The van der Waals surface area contributed by atoms with Gasteiger partial charge in [0, 0.05) is 32.7 Å². The van der Waals surface area contributed by atoms with Gasteiger partial charge in [0.15, 0.2) is 0 Å². The number of carbonyl (C=O) groups is 1. The predicted molar refractivity (Wildman–Crippen MR) is 61.6 cm³/mol. The lowest BCUT2D eigenvalue weighted by molar-refractivity contribution is -0.130. The number of nitrogens with zero attached hydrogens (tertiary/aromatic N) is 1. The zero-order valence-electron chi connectivity index (χ0n) is 10.2. The van der Waals surface area contributed by atoms with Crippen LogP contribution < -0.4 is 5.73 Å². The first-order chi connectivity index (χ1) is 7.07. The molecule has 0 aromatic carbocycles. The molecule has 1 atom stereocenters. The quantitative estimate of drug-likeness (QED) is 0.616. The normalized spacial score (nSPS) is 12.5. The van der Waals surface area contributed by atoms with Crippen molar-refractivity contribution >= 4 is 5.91 Å². The van der Waals surface area contributed by atoms with Crippen molar-refractivity contribution in [3.63, 3.8) is 0 Å². The van der Waals surface area contributed by atoms with Crippen molar-refractivity contribution in [1.82, 2.24) is 4.90 Å². The summed E-state index contributed by atoms with van der Waals surface area (Å²) in [5.41, 5.74) is 5.61. The zero-order valence-corrected chi connectivity index (χ0v) is 10.2. The lowest BCUT2D eigenvalue weighted by Gasteiger charge is -2.17. The predicted octanol–water partition coefficient (Wildman–Crippen LogP) is 0.999. The highest BCUT2D eigenvalue weighted by Gasteiger charge is 2.08. The zero-order chi connectivity index (χ0) is 11.7. The van der Waals surface area contributed by atoms with Gasteiger partial charge in [0.1, 0.15) is 0 Å². The fourth-order valence-corrected chi connectivity index (χ4v) is 1.24. The molecule has 0 spiro atoms. The first-order valence-electron chi connectivity index (χ1n) is 5.65. The minimum absolute atomic E-state index is 0.176. The summed E-state index contributed by atoms with van der Waals surface area (Å²) in [6.45, 7) is 5.90. The van der Waals surface area contributed by atoms with E-state index in [1.54, 1.807) is 4.90 Å². The Hall–Kier alpha value is -0.610. The van der Waals surface area contributed by atoms with Gasteiger partial charge in [-0.1, -0.05) is 0 Å². The molecule has 0 aromatic rings. The second-order valence-corrected chi connectivity index (χ2v) is 3.88. The van der Waals surface area contributed by atoms with Crippen molar-refractivity contribution in [3.05, 3.63) is 0 Å². The van der Waals surface area contributed by atoms with Crippen LogP contribution in [-0.2, 0) is 9.53 Å². The average molecular weight is 216 g/mol. The van der Waals surface area contributed by atoms with Crippen LogP contribution in [0.15, 0.2) is 0 Å². The fourth-order valence-electron chi connectivity index (χ4n) is 1.24. The number of nitrogens with two attached hydrogens (primary N) is 1. The van der Waals surface area contributed by atoms with E-state index in [4.69, 9.17) is 10.5 Å². The maximum atomic E-state index is 11.5. The van der Waals surface area contributed by atoms with Crippen LogP contribution in [0.2, 0.25) is 0 Å². The van der Waals surface area contributed by atoms with E-state index in [-0.39, 0.29) is 11.9 Å². The molecular formula is C11H24N2O2. The Kier molecular flexibility index (Phi) is 8.33. The number of rotatable bonds is 8. The van der Waals surface area contributed by atoms with Crippen LogP contribution in [0.4, 0.5) is 0 Å². The van der Waals surface area contributed by atoms with Crippen molar-refractivity contribution in [1.29, 1.82) is 0 Å². The maximum absolute atomic E-state index is 11.5. The second kappa shape index (κ2) is 8.68. The van der Waals surface area contributed by atoms with E-state index in [9.17, 15) is 4.79 Å². The molecule has 0 aliphatic heterocycles. The summed E-state index contributed by atoms with van der Waals surface area (Å²) in [6, 6.07) is 0.187. The molecule has 0 saturated heterocycles. The largest absolute Gasteiger partial charge is 0.380 e. The first kappa shape index (κ1) is 14.4. The van der Waals surface area contributed by atoms with Crippen molar-refractivity contribution < 1.29 is 9.53 Å². The van der Waals surface area contributed by atoms with Crippen molar-refractivity contribution in [2.45, 2.75) is 39.2 Å². The summed E-state index contributed by atoms with van der Waals surface area (Å²) in [7, 11) is 1.81. The molecule has 1 amide bonds. The molecule has 15 heavy (non-hydrogen) atoms. The molecule has 0 bridgehead atoms. The molecule has 0 heterocycles. The molecule has 0 rings (SSSR count). The summed E-state index contributed by atoms with van der Waals surface area (Å²) in [6.07, 6.45) is 2.37. The van der Waals surface area contributed by atoms with Crippen molar-refractivity contribution in [2.24, 2.45) is 5.73 Å². The van der Waals surface area contributed by atoms with Gasteiger partial charge in [-0.05, 0) is 26.7 Å². The van der Waals surface area contributed by atoms with Crippen LogP contribution in [0, 0.1) is 0 Å². The van der Waals surface area contributed by atoms with Gasteiger partial charge in [-0.15, -0.1) is 0 Å². The molecule has 0 aliphatic carbocycles. The van der Waals surface area contributed by atoms with Crippen LogP contribution in [-0.4, -0.2) is 43.7 Å². The molecule has 90 valence electrons. The van der Waals surface area contributed by atoms with E-state index in [2.05, 4.69) is 0 Å². The Morgan fingerprint density at radius 1 is 1.53 bits per heavy atom. The summed E-state index contributed by atoms with van der Waals surface area (Å²) >= 11 is 0. The fraction of sp³-hybridized carbons (Fsp3) is 0.909. The third-order valence-corrected chi connectivity index (χ3v) is 2.25. The Morgan fingerprint density at radius 2 is 2.20 bits per heavy atom. The topological polar surface area (TPSA) is 55.6 Å². The van der Waals surface area contributed by atoms with Gasteiger partial charge in [0.2, 0.25) is 5.91 Å². The van der Waals surface area contributed by atoms with Crippen LogP contribution in [0.1, 0.15) is 33.1 Å². The number of likely N-dealkylation sites (N-methyl/N-ethyl adjacent to an activating group) is 1. The Balaban J connectivity index is 3.51. The van der Waals surface area contributed by atoms with Crippen LogP contribution in [0.3, 0.4) is 0 Å². The minimum Gasteiger partial charge on any atom is -0.380 e. The van der Waals surface area contributed by atoms with Gasteiger partial charge in [-0.25, -0.2) is 0 Å². The standard InChI is InChI=1S/C11H24N2O2/c1-4-15-9-8-13(3)11(14)7-5-6-10(2)12/h10H,4-9,12H2,1-3H3. The highest BCUT2D eigenvalue weighted by molar-refractivity contribution is 5.75.